The molecule has 0 bridgehead atoms. The Balaban J connectivity index is 1.80. The number of hydrogen-bond donors (Lipinski definition) is 1. The average molecular weight is 309 g/mol. The molecule has 3 rings (SSSR count). The number of fused-ring (bicyclic) bond motifs is 1. The van der Waals surface area contributed by atoms with Crippen LogP contribution in [-0.2, 0) is 0 Å². The molecule has 2 heterocycles. The third-order valence-electron chi connectivity index (χ3n) is 3.86. The predicted molar refractivity (Wildman–Crippen MR) is 90.3 cm³/mol. The Labute approximate surface area is 134 Å². The van der Waals surface area contributed by atoms with E-state index in [-0.39, 0.29) is 12.1 Å². The number of rotatable bonds is 4. The number of pyridine rings is 1. The Kier molecular flexibility index (Phi) is 4.28. The number of furan rings is 1. The molecule has 118 valence electrons. The first kappa shape index (κ1) is 15.1. The van der Waals surface area contributed by atoms with Gasteiger partial charge in [-0.25, -0.2) is 4.79 Å². The number of hydrogen-bond acceptors (Lipinski definition) is 3. The summed E-state index contributed by atoms with van der Waals surface area (Å²) in [4.78, 5) is 18.2. The molecule has 0 aliphatic rings. The molecule has 1 N–H and O–H groups in total. The molecule has 3 aromatic rings. The number of carbonyl (C=O) groups is 1. The molecule has 0 aliphatic carbocycles. The second kappa shape index (κ2) is 6.52. The van der Waals surface area contributed by atoms with Gasteiger partial charge in [-0.3, -0.25) is 4.98 Å². The molecule has 0 radical (unpaired) electrons. The van der Waals surface area contributed by atoms with Crippen LogP contribution in [0.5, 0.6) is 0 Å². The van der Waals surface area contributed by atoms with Crippen LogP contribution >= 0.6 is 0 Å². The molecule has 0 saturated heterocycles. The highest BCUT2D eigenvalue weighted by Crippen LogP contribution is 2.27. The second-order valence-corrected chi connectivity index (χ2v) is 5.31. The molecule has 1 atom stereocenters. The number of anilines is 1. The molecule has 5 heteroatoms. The van der Waals surface area contributed by atoms with Gasteiger partial charge in [-0.1, -0.05) is 18.2 Å². The third-order valence-corrected chi connectivity index (χ3v) is 3.86. The van der Waals surface area contributed by atoms with E-state index < -0.39 is 0 Å². The molecule has 2 aromatic heterocycles. The average Bonchev–Trinajstić information content (AvgIpc) is 3.00. The molecule has 0 aliphatic heterocycles. The molecule has 0 spiro atoms. The normalized spacial score (nSPS) is 12.1. The maximum atomic E-state index is 12.5. The van der Waals surface area contributed by atoms with Gasteiger partial charge < -0.3 is 14.6 Å². The number of benzene rings is 1. The highest BCUT2D eigenvalue weighted by atomic mass is 16.3. The quantitative estimate of drug-likeness (QED) is 0.775. The summed E-state index contributed by atoms with van der Waals surface area (Å²) in [6.45, 7) is 4.49. The number of para-hydroxylation sites is 1. The molecule has 2 amide bonds. The SMILES string of the molecule is CCN(C(=O)Nc1ccncc1)[C@H](C)c1cc2ccccc2o1. The van der Waals surface area contributed by atoms with Crippen molar-refractivity contribution in [2.24, 2.45) is 0 Å². The Morgan fingerprint density at radius 2 is 2.00 bits per heavy atom. The van der Waals surface area contributed by atoms with E-state index >= 15 is 0 Å². The number of nitrogens with zero attached hydrogens (tertiary/aromatic N) is 2. The first-order valence-electron chi connectivity index (χ1n) is 7.65. The van der Waals surface area contributed by atoms with Gasteiger partial charge in [0.1, 0.15) is 11.3 Å². The fourth-order valence-corrected chi connectivity index (χ4v) is 2.59. The van der Waals surface area contributed by atoms with Gasteiger partial charge in [0.2, 0.25) is 0 Å². The topological polar surface area (TPSA) is 58.4 Å². The van der Waals surface area contributed by atoms with Gasteiger partial charge in [0.15, 0.2) is 0 Å². The Morgan fingerprint density at radius 1 is 1.26 bits per heavy atom. The zero-order chi connectivity index (χ0) is 16.2. The van der Waals surface area contributed by atoms with E-state index in [2.05, 4.69) is 10.3 Å². The van der Waals surface area contributed by atoms with Crippen LogP contribution in [0.3, 0.4) is 0 Å². The summed E-state index contributed by atoms with van der Waals surface area (Å²) in [7, 11) is 0. The van der Waals surface area contributed by atoms with Crippen LogP contribution in [0.1, 0.15) is 25.6 Å². The molecule has 0 saturated carbocycles. The predicted octanol–water partition coefficient (Wildman–Crippen LogP) is 4.44. The molecule has 0 unspecified atom stereocenters. The summed E-state index contributed by atoms with van der Waals surface area (Å²) in [6, 6.07) is 13.0. The monoisotopic (exact) mass is 309 g/mol. The summed E-state index contributed by atoms with van der Waals surface area (Å²) in [5.41, 5.74) is 1.56. The van der Waals surface area contributed by atoms with Gasteiger partial charge in [0.05, 0.1) is 6.04 Å². The highest BCUT2D eigenvalue weighted by molar-refractivity contribution is 5.89. The van der Waals surface area contributed by atoms with Crippen LogP contribution < -0.4 is 5.32 Å². The van der Waals surface area contributed by atoms with Crippen LogP contribution in [0.25, 0.3) is 11.0 Å². The molecular formula is C18H19N3O2. The lowest BCUT2D eigenvalue weighted by atomic mass is 10.2. The van der Waals surface area contributed by atoms with Crippen molar-refractivity contribution in [3.05, 3.63) is 60.6 Å². The van der Waals surface area contributed by atoms with Gasteiger partial charge in [-0.15, -0.1) is 0 Å². The van der Waals surface area contributed by atoms with Crippen molar-refractivity contribution in [3.63, 3.8) is 0 Å². The first-order chi connectivity index (χ1) is 11.2. The van der Waals surface area contributed by atoms with Crippen molar-refractivity contribution in [2.75, 3.05) is 11.9 Å². The van der Waals surface area contributed by atoms with Gasteiger partial charge in [0, 0.05) is 30.0 Å². The van der Waals surface area contributed by atoms with E-state index in [0.29, 0.717) is 6.54 Å². The zero-order valence-electron chi connectivity index (χ0n) is 13.2. The van der Waals surface area contributed by atoms with E-state index in [1.165, 1.54) is 0 Å². The molecule has 5 nitrogen and oxygen atoms in total. The standard InChI is InChI=1S/C18H19N3O2/c1-3-21(18(22)20-15-8-10-19-11-9-15)13(2)17-12-14-6-4-5-7-16(14)23-17/h4-13H,3H2,1-2H3,(H,19,20,22)/t13-/m1/s1. The lowest BCUT2D eigenvalue weighted by Crippen LogP contribution is -2.36. The summed E-state index contributed by atoms with van der Waals surface area (Å²) in [5.74, 6) is 0.776. The van der Waals surface area contributed by atoms with Crippen LogP contribution in [0.15, 0.2) is 59.3 Å². The molecule has 1 aromatic carbocycles. The van der Waals surface area contributed by atoms with Crippen LogP contribution in [0.4, 0.5) is 10.5 Å². The minimum absolute atomic E-state index is 0.158. The van der Waals surface area contributed by atoms with Gasteiger partial charge in [0.25, 0.3) is 0 Å². The Bertz CT molecular complexity index is 765. The molecule has 23 heavy (non-hydrogen) atoms. The summed E-state index contributed by atoms with van der Waals surface area (Å²) >= 11 is 0. The Hall–Kier alpha value is -2.82. The lowest BCUT2D eigenvalue weighted by molar-refractivity contribution is 0.189. The number of carbonyl (C=O) groups excluding carboxylic acids is 1. The van der Waals surface area contributed by atoms with E-state index in [4.69, 9.17) is 4.42 Å². The van der Waals surface area contributed by atoms with Gasteiger partial charge in [-0.2, -0.15) is 0 Å². The zero-order valence-corrected chi connectivity index (χ0v) is 13.2. The maximum absolute atomic E-state index is 12.5. The van der Waals surface area contributed by atoms with Crippen LogP contribution in [0, 0.1) is 0 Å². The summed E-state index contributed by atoms with van der Waals surface area (Å²) in [6.07, 6.45) is 3.29. The van der Waals surface area contributed by atoms with E-state index in [0.717, 1.165) is 22.4 Å². The van der Waals surface area contributed by atoms with E-state index in [1.54, 1.807) is 29.4 Å². The van der Waals surface area contributed by atoms with E-state index in [9.17, 15) is 4.79 Å². The summed E-state index contributed by atoms with van der Waals surface area (Å²) in [5, 5.41) is 3.92. The first-order valence-corrected chi connectivity index (χ1v) is 7.65. The fraction of sp³-hybridized carbons (Fsp3) is 0.222. The van der Waals surface area contributed by atoms with Crippen LogP contribution in [0.2, 0.25) is 0 Å². The molecular weight excluding hydrogens is 290 g/mol. The Morgan fingerprint density at radius 3 is 2.70 bits per heavy atom. The van der Waals surface area contributed by atoms with Crippen LogP contribution in [-0.4, -0.2) is 22.5 Å². The van der Waals surface area contributed by atoms with Crippen molar-refractivity contribution in [1.29, 1.82) is 0 Å². The number of nitrogens with one attached hydrogen (secondary N) is 1. The van der Waals surface area contributed by atoms with Crippen molar-refractivity contribution in [2.45, 2.75) is 19.9 Å². The third kappa shape index (κ3) is 3.18. The summed E-state index contributed by atoms with van der Waals surface area (Å²) < 4.78 is 5.88. The van der Waals surface area contributed by atoms with Crippen molar-refractivity contribution in [1.82, 2.24) is 9.88 Å². The second-order valence-electron chi connectivity index (χ2n) is 5.31. The smallest absolute Gasteiger partial charge is 0.322 e. The number of amides is 2. The van der Waals surface area contributed by atoms with Crippen molar-refractivity contribution < 1.29 is 9.21 Å². The maximum Gasteiger partial charge on any atom is 0.322 e. The lowest BCUT2D eigenvalue weighted by Gasteiger charge is -2.26. The largest absolute Gasteiger partial charge is 0.459 e. The van der Waals surface area contributed by atoms with Gasteiger partial charge >= 0.3 is 6.03 Å². The minimum atomic E-state index is -0.161. The minimum Gasteiger partial charge on any atom is -0.459 e. The van der Waals surface area contributed by atoms with Gasteiger partial charge in [-0.05, 0) is 38.1 Å². The van der Waals surface area contributed by atoms with Crippen molar-refractivity contribution >= 4 is 22.7 Å². The van der Waals surface area contributed by atoms with Crippen molar-refractivity contribution in [3.8, 4) is 0 Å². The number of aromatic nitrogens is 1. The van der Waals surface area contributed by atoms with E-state index in [1.807, 2.05) is 44.2 Å². The number of urea groups is 1. The highest BCUT2D eigenvalue weighted by Gasteiger charge is 2.23. The fourth-order valence-electron chi connectivity index (χ4n) is 2.59. The molecule has 0 fully saturated rings.